The van der Waals surface area contributed by atoms with Gasteiger partial charge in [-0.2, -0.15) is 4.31 Å². The summed E-state index contributed by atoms with van der Waals surface area (Å²) in [6.07, 6.45) is 0. The SMILES string of the molecule is CN(Cc1ccccc1)S(=O)(=O)c1ccc(NS(=O)(=O)c2cccc(C(=O)O)c2)cc1. The predicted molar refractivity (Wildman–Crippen MR) is 116 cm³/mol. The molecule has 0 amide bonds. The number of benzene rings is 3. The molecule has 0 atom stereocenters. The molecule has 31 heavy (non-hydrogen) atoms. The summed E-state index contributed by atoms with van der Waals surface area (Å²) >= 11 is 0. The maximum atomic E-state index is 12.8. The molecule has 3 aromatic carbocycles. The molecule has 0 saturated carbocycles. The lowest BCUT2D eigenvalue weighted by atomic mass is 10.2. The van der Waals surface area contributed by atoms with Crippen LogP contribution in [0.3, 0.4) is 0 Å². The van der Waals surface area contributed by atoms with Gasteiger partial charge in [0.05, 0.1) is 15.4 Å². The van der Waals surface area contributed by atoms with E-state index in [0.717, 1.165) is 11.6 Å². The molecule has 3 aromatic rings. The highest BCUT2D eigenvalue weighted by atomic mass is 32.2. The molecule has 0 saturated heterocycles. The number of aromatic carboxylic acids is 1. The molecular formula is C21H20N2O6S2. The summed E-state index contributed by atoms with van der Waals surface area (Å²) in [5, 5.41) is 9.03. The number of nitrogens with zero attached hydrogens (tertiary/aromatic N) is 1. The number of anilines is 1. The zero-order chi connectivity index (χ0) is 22.6. The minimum atomic E-state index is -4.05. The molecule has 0 heterocycles. The van der Waals surface area contributed by atoms with Crippen molar-refractivity contribution in [2.24, 2.45) is 0 Å². The van der Waals surface area contributed by atoms with Crippen molar-refractivity contribution in [1.29, 1.82) is 0 Å². The van der Waals surface area contributed by atoms with Gasteiger partial charge >= 0.3 is 5.97 Å². The van der Waals surface area contributed by atoms with Crippen LogP contribution in [0.15, 0.2) is 88.7 Å². The average Bonchev–Trinajstić information content (AvgIpc) is 2.74. The van der Waals surface area contributed by atoms with Gasteiger partial charge in [-0.15, -0.1) is 0 Å². The van der Waals surface area contributed by atoms with Crippen molar-refractivity contribution in [3.63, 3.8) is 0 Å². The molecule has 0 bridgehead atoms. The molecule has 0 aliphatic heterocycles. The lowest BCUT2D eigenvalue weighted by Crippen LogP contribution is -2.26. The van der Waals surface area contributed by atoms with Gasteiger partial charge in [0.1, 0.15) is 0 Å². The molecule has 0 fully saturated rings. The summed E-state index contributed by atoms with van der Waals surface area (Å²) in [5.74, 6) is -1.24. The monoisotopic (exact) mass is 460 g/mol. The predicted octanol–water partition coefficient (Wildman–Crippen LogP) is 3.01. The first kappa shape index (κ1) is 22.5. The Morgan fingerprint density at radius 2 is 1.52 bits per heavy atom. The third-order valence-corrected chi connectivity index (χ3v) is 7.65. The van der Waals surface area contributed by atoms with Gasteiger partial charge in [0.2, 0.25) is 10.0 Å². The van der Waals surface area contributed by atoms with E-state index in [9.17, 15) is 21.6 Å². The van der Waals surface area contributed by atoms with Gasteiger partial charge in [-0.3, -0.25) is 4.72 Å². The molecule has 162 valence electrons. The zero-order valence-electron chi connectivity index (χ0n) is 16.5. The fourth-order valence-corrected chi connectivity index (χ4v) is 5.07. The first-order chi connectivity index (χ1) is 14.6. The summed E-state index contributed by atoms with van der Waals surface area (Å²) < 4.78 is 54.2. The van der Waals surface area contributed by atoms with Crippen molar-refractivity contribution >= 4 is 31.7 Å². The Kier molecular flexibility index (Phi) is 6.44. The third-order valence-electron chi connectivity index (χ3n) is 4.45. The topological polar surface area (TPSA) is 121 Å². The van der Waals surface area contributed by atoms with Crippen LogP contribution >= 0.6 is 0 Å². The standard InChI is InChI=1S/C21H20N2O6S2/c1-23(15-16-6-3-2-4-7-16)31(28,29)19-12-10-18(11-13-19)22-30(26,27)20-9-5-8-17(14-20)21(24)25/h2-14,22H,15H2,1H3,(H,24,25). The number of carboxylic acid groups (broad SMARTS) is 1. The van der Waals surface area contributed by atoms with E-state index >= 15 is 0 Å². The van der Waals surface area contributed by atoms with Crippen molar-refractivity contribution in [3.8, 4) is 0 Å². The Balaban J connectivity index is 1.78. The molecule has 2 N–H and O–H groups in total. The molecule has 0 unspecified atom stereocenters. The number of rotatable bonds is 8. The van der Waals surface area contributed by atoms with Crippen molar-refractivity contribution < 1.29 is 26.7 Å². The maximum Gasteiger partial charge on any atom is 0.335 e. The lowest BCUT2D eigenvalue weighted by Gasteiger charge is -2.17. The molecule has 0 radical (unpaired) electrons. The Morgan fingerprint density at radius 1 is 0.871 bits per heavy atom. The Labute approximate surface area is 180 Å². The van der Waals surface area contributed by atoms with E-state index in [4.69, 9.17) is 5.11 Å². The third kappa shape index (κ3) is 5.29. The molecule has 10 heteroatoms. The second-order valence-corrected chi connectivity index (χ2v) is 10.4. The Bertz CT molecular complexity index is 1290. The molecular weight excluding hydrogens is 440 g/mol. The van der Waals surface area contributed by atoms with Crippen LogP contribution in [0.2, 0.25) is 0 Å². The van der Waals surface area contributed by atoms with Crippen molar-refractivity contribution in [2.75, 3.05) is 11.8 Å². The van der Waals surface area contributed by atoms with E-state index in [0.29, 0.717) is 0 Å². The molecule has 0 aliphatic carbocycles. The van der Waals surface area contributed by atoms with Gasteiger partial charge in [-0.25, -0.2) is 21.6 Å². The van der Waals surface area contributed by atoms with Gasteiger partial charge in [0.25, 0.3) is 10.0 Å². The summed E-state index contributed by atoms with van der Waals surface area (Å²) in [6, 6.07) is 19.3. The van der Waals surface area contributed by atoms with Crippen LogP contribution in [0.5, 0.6) is 0 Å². The molecule has 3 rings (SSSR count). The van der Waals surface area contributed by atoms with Gasteiger partial charge in [0, 0.05) is 19.3 Å². The van der Waals surface area contributed by atoms with Gasteiger partial charge in [-0.05, 0) is 48.0 Å². The van der Waals surface area contributed by atoms with Crippen LogP contribution < -0.4 is 4.72 Å². The first-order valence-corrected chi connectivity index (χ1v) is 12.0. The number of carbonyl (C=O) groups is 1. The highest BCUT2D eigenvalue weighted by Crippen LogP contribution is 2.22. The first-order valence-electron chi connectivity index (χ1n) is 9.06. The van der Waals surface area contributed by atoms with Crippen LogP contribution in [0.1, 0.15) is 15.9 Å². The molecule has 0 aliphatic rings. The van der Waals surface area contributed by atoms with Crippen LogP contribution in [0.4, 0.5) is 5.69 Å². The van der Waals surface area contributed by atoms with Gasteiger partial charge in [0.15, 0.2) is 0 Å². The zero-order valence-corrected chi connectivity index (χ0v) is 18.1. The van der Waals surface area contributed by atoms with Crippen molar-refractivity contribution in [3.05, 3.63) is 90.0 Å². The minimum Gasteiger partial charge on any atom is -0.478 e. The largest absolute Gasteiger partial charge is 0.478 e. The van der Waals surface area contributed by atoms with E-state index in [1.807, 2.05) is 30.3 Å². The van der Waals surface area contributed by atoms with Gasteiger partial charge in [-0.1, -0.05) is 36.4 Å². The van der Waals surface area contributed by atoms with Gasteiger partial charge < -0.3 is 5.11 Å². The number of nitrogens with one attached hydrogen (secondary N) is 1. The van der Waals surface area contributed by atoms with E-state index in [-0.39, 0.29) is 27.6 Å². The normalized spacial score (nSPS) is 11.9. The molecule has 0 aromatic heterocycles. The van der Waals surface area contributed by atoms with E-state index in [1.165, 1.54) is 53.8 Å². The van der Waals surface area contributed by atoms with E-state index in [2.05, 4.69) is 4.72 Å². The van der Waals surface area contributed by atoms with Crippen LogP contribution in [0, 0.1) is 0 Å². The quantitative estimate of drug-likeness (QED) is 0.533. The summed E-state index contributed by atoms with van der Waals surface area (Å²) in [7, 11) is -6.36. The summed E-state index contributed by atoms with van der Waals surface area (Å²) in [5.41, 5.74) is 0.817. The number of hydrogen-bond acceptors (Lipinski definition) is 5. The van der Waals surface area contributed by atoms with E-state index < -0.39 is 26.0 Å². The average molecular weight is 461 g/mol. The highest BCUT2D eigenvalue weighted by molar-refractivity contribution is 7.92. The van der Waals surface area contributed by atoms with Crippen molar-refractivity contribution in [1.82, 2.24) is 4.31 Å². The minimum absolute atomic E-state index is 0.0155. The van der Waals surface area contributed by atoms with Crippen LogP contribution in [0.25, 0.3) is 0 Å². The van der Waals surface area contributed by atoms with Crippen LogP contribution in [-0.2, 0) is 26.6 Å². The number of carboxylic acids is 1. The second-order valence-electron chi connectivity index (χ2n) is 6.71. The number of hydrogen-bond donors (Lipinski definition) is 2. The smallest absolute Gasteiger partial charge is 0.335 e. The van der Waals surface area contributed by atoms with Crippen LogP contribution in [-0.4, -0.2) is 39.3 Å². The molecule has 0 spiro atoms. The number of sulfonamides is 2. The lowest BCUT2D eigenvalue weighted by molar-refractivity contribution is 0.0696. The highest BCUT2D eigenvalue weighted by Gasteiger charge is 2.22. The van der Waals surface area contributed by atoms with Crippen molar-refractivity contribution in [2.45, 2.75) is 16.3 Å². The maximum absolute atomic E-state index is 12.8. The van der Waals surface area contributed by atoms with E-state index in [1.54, 1.807) is 0 Å². The molecule has 8 nitrogen and oxygen atoms in total. The fraction of sp³-hybridized carbons (Fsp3) is 0.0952. The second kappa shape index (κ2) is 8.88. The Morgan fingerprint density at radius 3 is 2.13 bits per heavy atom. The summed E-state index contributed by atoms with van der Waals surface area (Å²) in [6.45, 7) is 0.192. The summed E-state index contributed by atoms with van der Waals surface area (Å²) in [4.78, 5) is 10.9. The fourth-order valence-electron chi connectivity index (χ4n) is 2.81. The Hall–Kier alpha value is -3.21.